The molecule has 0 bridgehead atoms. The van der Waals surface area contributed by atoms with Crippen LogP contribution in [0.4, 0.5) is 4.39 Å². The predicted molar refractivity (Wildman–Crippen MR) is 89.3 cm³/mol. The van der Waals surface area contributed by atoms with Gasteiger partial charge < -0.3 is 10.1 Å². The number of nitrogens with one attached hydrogen (secondary N) is 1. The molecule has 114 valence electrons. The van der Waals surface area contributed by atoms with Crippen LogP contribution in [0.5, 0.6) is 5.75 Å². The highest BCUT2D eigenvalue weighted by atomic mass is 79.9. The minimum Gasteiger partial charge on any atom is -0.485 e. The zero-order valence-electron chi connectivity index (χ0n) is 12.2. The third kappa shape index (κ3) is 5.41. The van der Waals surface area contributed by atoms with Crippen molar-refractivity contribution in [2.75, 3.05) is 6.54 Å². The molecule has 0 saturated carbocycles. The van der Waals surface area contributed by atoms with Gasteiger partial charge in [0, 0.05) is 20.8 Å². The molecular formula is C16H19BrFNOS. The number of benzene rings is 1. The van der Waals surface area contributed by atoms with Crippen molar-refractivity contribution in [1.82, 2.24) is 5.32 Å². The smallest absolute Gasteiger partial charge is 0.166 e. The van der Waals surface area contributed by atoms with E-state index in [1.807, 2.05) is 6.07 Å². The summed E-state index contributed by atoms with van der Waals surface area (Å²) in [5.74, 6) is 0.582. The molecule has 0 aliphatic carbocycles. The summed E-state index contributed by atoms with van der Waals surface area (Å²) in [5.41, 5.74) is 0. The summed E-state index contributed by atoms with van der Waals surface area (Å²) in [5, 5.41) is 3.41. The maximum atomic E-state index is 13.6. The predicted octanol–water partition coefficient (Wildman–Crippen LogP) is 4.97. The largest absolute Gasteiger partial charge is 0.485 e. The normalized spacial score (nSPS) is 11.1. The van der Waals surface area contributed by atoms with E-state index < -0.39 is 0 Å². The first-order chi connectivity index (χ1) is 10.0. The first-order valence-electron chi connectivity index (χ1n) is 6.90. The second kappa shape index (κ2) is 7.92. The zero-order chi connectivity index (χ0) is 15.2. The van der Waals surface area contributed by atoms with Crippen molar-refractivity contribution >= 4 is 27.3 Å². The molecule has 0 aliphatic rings. The Morgan fingerprint density at radius 1 is 1.24 bits per heavy atom. The Morgan fingerprint density at radius 2 is 2.00 bits per heavy atom. The molecule has 1 aromatic heterocycles. The lowest BCUT2D eigenvalue weighted by Crippen LogP contribution is -2.18. The first-order valence-corrected chi connectivity index (χ1v) is 8.51. The number of ether oxygens (including phenoxy) is 1. The minimum absolute atomic E-state index is 0.283. The minimum atomic E-state index is -0.347. The maximum absolute atomic E-state index is 13.6. The standard InChI is InChI=1S/C16H19BrFNOS/c1-11(2)8-19-9-13-4-5-14(21-13)10-20-16-6-3-12(17)7-15(16)18/h3-7,11,19H,8-10H2,1-2H3. The van der Waals surface area contributed by atoms with Crippen molar-refractivity contribution in [3.05, 3.63) is 50.4 Å². The van der Waals surface area contributed by atoms with Crippen molar-refractivity contribution in [2.24, 2.45) is 5.92 Å². The Morgan fingerprint density at radius 3 is 2.71 bits per heavy atom. The van der Waals surface area contributed by atoms with Gasteiger partial charge in [0.1, 0.15) is 6.61 Å². The van der Waals surface area contributed by atoms with Crippen molar-refractivity contribution in [3.8, 4) is 5.75 Å². The Balaban J connectivity index is 1.85. The molecule has 2 rings (SSSR count). The molecule has 0 spiro atoms. The van der Waals surface area contributed by atoms with Crippen LogP contribution < -0.4 is 10.1 Å². The van der Waals surface area contributed by atoms with E-state index in [4.69, 9.17) is 4.74 Å². The summed E-state index contributed by atoms with van der Waals surface area (Å²) >= 11 is 4.92. The fourth-order valence-electron chi connectivity index (χ4n) is 1.82. The van der Waals surface area contributed by atoms with Gasteiger partial charge >= 0.3 is 0 Å². The Bertz CT molecular complexity index is 585. The summed E-state index contributed by atoms with van der Waals surface area (Å²) in [6, 6.07) is 8.94. The molecule has 2 aromatic rings. The fraction of sp³-hybridized carbons (Fsp3) is 0.375. The molecule has 1 N–H and O–H groups in total. The lowest BCUT2D eigenvalue weighted by molar-refractivity contribution is 0.293. The van der Waals surface area contributed by atoms with Crippen LogP contribution >= 0.6 is 27.3 Å². The molecule has 0 amide bonds. The van der Waals surface area contributed by atoms with Gasteiger partial charge in [0.25, 0.3) is 0 Å². The highest BCUT2D eigenvalue weighted by molar-refractivity contribution is 9.10. The van der Waals surface area contributed by atoms with Crippen molar-refractivity contribution in [1.29, 1.82) is 0 Å². The molecule has 0 unspecified atom stereocenters. The quantitative estimate of drug-likeness (QED) is 0.741. The SMILES string of the molecule is CC(C)CNCc1ccc(COc2ccc(Br)cc2F)s1. The lowest BCUT2D eigenvalue weighted by atomic mass is 10.2. The van der Waals surface area contributed by atoms with Gasteiger partial charge in [-0.1, -0.05) is 29.8 Å². The summed E-state index contributed by atoms with van der Waals surface area (Å²) in [6.07, 6.45) is 0. The number of rotatable bonds is 7. The van der Waals surface area contributed by atoms with Crippen LogP contribution in [0.1, 0.15) is 23.6 Å². The van der Waals surface area contributed by atoms with E-state index >= 15 is 0 Å². The molecule has 1 aromatic carbocycles. The summed E-state index contributed by atoms with van der Waals surface area (Å²) in [7, 11) is 0. The van der Waals surface area contributed by atoms with E-state index in [0.717, 1.165) is 18.0 Å². The van der Waals surface area contributed by atoms with Crippen LogP contribution in [0.15, 0.2) is 34.8 Å². The summed E-state index contributed by atoms with van der Waals surface area (Å²) in [4.78, 5) is 2.36. The fourth-order valence-corrected chi connectivity index (χ4v) is 3.05. The van der Waals surface area contributed by atoms with Crippen LogP contribution in [0.3, 0.4) is 0 Å². The number of hydrogen-bond acceptors (Lipinski definition) is 3. The molecular weight excluding hydrogens is 353 g/mol. The van der Waals surface area contributed by atoms with Gasteiger partial charge in [-0.25, -0.2) is 4.39 Å². The number of halogens is 2. The average Bonchev–Trinajstić information content (AvgIpc) is 2.85. The highest BCUT2D eigenvalue weighted by Gasteiger charge is 2.06. The van der Waals surface area contributed by atoms with E-state index in [9.17, 15) is 4.39 Å². The van der Waals surface area contributed by atoms with E-state index in [1.54, 1.807) is 23.5 Å². The van der Waals surface area contributed by atoms with E-state index in [1.165, 1.54) is 10.9 Å². The van der Waals surface area contributed by atoms with Crippen LogP contribution in [-0.2, 0) is 13.2 Å². The lowest BCUT2D eigenvalue weighted by Gasteiger charge is -2.06. The second-order valence-electron chi connectivity index (χ2n) is 5.26. The van der Waals surface area contributed by atoms with Gasteiger partial charge in [0.05, 0.1) is 0 Å². The van der Waals surface area contributed by atoms with Crippen molar-refractivity contribution < 1.29 is 9.13 Å². The Kier molecular flexibility index (Phi) is 6.21. The van der Waals surface area contributed by atoms with Gasteiger partial charge in [0.15, 0.2) is 11.6 Å². The monoisotopic (exact) mass is 371 g/mol. The third-order valence-corrected chi connectivity index (χ3v) is 4.38. The highest BCUT2D eigenvalue weighted by Crippen LogP contribution is 2.24. The molecule has 0 saturated heterocycles. The Labute approximate surface area is 137 Å². The average molecular weight is 372 g/mol. The third-order valence-electron chi connectivity index (χ3n) is 2.83. The van der Waals surface area contributed by atoms with Gasteiger partial charge in [-0.05, 0) is 42.8 Å². The number of hydrogen-bond donors (Lipinski definition) is 1. The molecule has 0 atom stereocenters. The molecule has 5 heteroatoms. The van der Waals surface area contributed by atoms with E-state index in [2.05, 4.69) is 41.2 Å². The van der Waals surface area contributed by atoms with Crippen molar-refractivity contribution in [3.63, 3.8) is 0 Å². The molecule has 0 radical (unpaired) electrons. The van der Waals surface area contributed by atoms with Gasteiger partial charge in [-0.3, -0.25) is 0 Å². The molecule has 0 fully saturated rings. The van der Waals surface area contributed by atoms with Gasteiger partial charge in [-0.15, -0.1) is 11.3 Å². The molecule has 21 heavy (non-hydrogen) atoms. The molecule has 0 aliphatic heterocycles. The van der Waals surface area contributed by atoms with E-state index in [0.29, 0.717) is 17.0 Å². The second-order valence-corrected chi connectivity index (χ2v) is 7.42. The summed E-state index contributed by atoms with van der Waals surface area (Å²) in [6.45, 7) is 6.65. The maximum Gasteiger partial charge on any atom is 0.166 e. The van der Waals surface area contributed by atoms with Crippen LogP contribution in [0.25, 0.3) is 0 Å². The van der Waals surface area contributed by atoms with Crippen molar-refractivity contribution in [2.45, 2.75) is 27.0 Å². The van der Waals surface area contributed by atoms with Crippen LogP contribution in [0.2, 0.25) is 0 Å². The van der Waals surface area contributed by atoms with E-state index in [-0.39, 0.29) is 11.6 Å². The van der Waals surface area contributed by atoms with Crippen LogP contribution in [0, 0.1) is 11.7 Å². The molecule has 2 nitrogen and oxygen atoms in total. The number of thiophene rings is 1. The van der Waals surface area contributed by atoms with Gasteiger partial charge in [-0.2, -0.15) is 0 Å². The Hall–Kier alpha value is -0.910. The molecule has 1 heterocycles. The van der Waals surface area contributed by atoms with Crippen LogP contribution in [-0.4, -0.2) is 6.54 Å². The first kappa shape index (κ1) is 16.5. The summed E-state index contributed by atoms with van der Waals surface area (Å²) < 4.78 is 19.9. The van der Waals surface area contributed by atoms with Gasteiger partial charge in [0.2, 0.25) is 0 Å². The zero-order valence-corrected chi connectivity index (χ0v) is 14.6. The topological polar surface area (TPSA) is 21.3 Å².